The van der Waals surface area contributed by atoms with Gasteiger partial charge in [-0.25, -0.2) is 13.8 Å². The second-order valence-corrected chi connectivity index (χ2v) is 7.19. The van der Waals surface area contributed by atoms with E-state index in [9.17, 15) is 13.6 Å². The first-order chi connectivity index (χ1) is 13.4. The Labute approximate surface area is 166 Å². The van der Waals surface area contributed by atoms with Gasteiger partial charge in [-0.05, 0) is 25.3 Å². The number of carbonyl (C=O) groups excluding carboxylic acids is 1. The van der Waals surface area contributed by atoms with E-state index in [0.29, 0.717) is 30.0 Å². The van der Waals surface area contributed by atoms with Crippen LogP contribution in [0.2, 0.25) is 0 Å². The number of benzene rings is 1. The van der Waals surface area contributed by atoms with Gasteiger partial charge >= 0.3 is 5.97 Å². The largest absolute Gasteiger partial charge is 0.490 e. The summed E-state index contributed by atoms with van der Waals surface area (Å²) in [7, 11) is 0. The zero-order valence-corrected chi connectivity index (χ0v) is 16.8. The van der Waals surface area contributed by atoms with Crippen LogP contribution in [0.3, 0.4) is 0 Å². The Bertz CT molecular complexity index is 825. The van der Waals surface area contributed by atoms with Crippen LogP contribution in [0.1, 0.15) is 38.4 Å². The van der Waals surface area contributed by atoms with Crippen molar-refractivity contribution in [3.8, 4) is 5.75 Å². The average molecular weight is 411 g/mol. The van der Waals surface area contributed by atoms with Crippen LogP contribution in [0.25, 0.3) is 0 Å². The van der Waals surface area contributed by atoms with E-state index in [4.69, 9.17) is 9.47 Å². The highest BCUT2D eigenvalue weighted by atomic mass is 32.1. The second kappa shape index (κ2) is 10.7. The molecule has 28 heavy (non-hydrogen) atoms. The van der Waals surface area contributed by atoms with E-state index in [-0.39, 0.29) is 23.7 Å². The highest BCUT2D eigenvalue weighted by molar-refractivity contribution is 7.13. The molecule has 0 saturated carbocycles. The number of nitrogens with one attached hydrogen (secondary N) is 1. The van der Waals surface area contributed by atoms with Crippen LogP contribution >= 0.6 is 11.3 Å². The van der Waals surface area contributed by atoms with Gasteiger partial charge in [0.25, 0.3) is 0 Å². The van der Waals surface area contributed by atoms with E-state index < -0.39 is 11.6 Å². The molecule has 0 saturated heterocycles. The van der Waals surface area contributed by atoms with Gasteiger partial charge in [0.1, 0.15) is 5.82 Å². The summed E-state index contributed by atoms with van der Waals surface area (Å²) in [5.41, 5.74) is 3.41. The average Bonchev–Trinajstić information content (AvgIpc) is 3.04. The molecule has 0 bridgehead atoms. The van der Waals surface area contributed by atoms with E-state index in [1.807, 2.05) is 13.8 Å². The maximum absolute atomic E-state index is 14.1. The van der Waals surface area contributed by atoms with Crippen LogP contribution < -0.4 is 10.2 Å². The third kappa shape index (κ3) is 6.88. The molecule has 0 fully saturated rings. The number of hydrogen-bond donors (Lipinski definition) is 1. The van der Waals surface area contributed by atoms with Gasteiger partial charge < -0.3 is 9.47 Å². The number of esters is 1. The van der Waals surface area contributed by atoms with Crippen molar-refractivity contribution >= 4 is 28.7 Å². The SMILES string of the molecule is CCOC(=O)Cc1csc(NN=Cc2cc(F)cc(F)c2OCCC(C)C)n1. The molecule has 152 valence electrons. The van der Waals surface area contributed by atoms with Gasteiger partial charge in [-0.15, -0.1) is 11.3 Å². The number of anilines is 1. The monoisotopic (exact) mass is 411 g/mol. The summed E-state index contributed by atoms with van der Waals surface area (Å²) in [5, 5.41) is 6.12. The van der Waals surface area contributed by atoms with Crippen LogP contribution in [0.5, 0.6) is 5.75 Å². The summed E-state index contributed by atoms with van der Waals surface area (Å²) < 4.78 is 38.0. The molecule has 0 aliphatic carbocycles. The van der Waals surface area contributed by atoms with Gasteiger partial charge in [0.2, 0.25) is 5.13 Å². The molecule has 0 spiro atoms. The molecule has 1 aromatic heterocycles. The molecule has 1 heterocycles. The lowest BCUT2D eigenvalue weighted by atomic mass is 10.1. The summed E-state index contributed by atoms with van der Waals surface area (Å²) in [5.74, 6) is -1.51. The smallest absolute Gasteiger partial charge is 0.311 e. The van der Waals surface area contributed by atoms with Crippen molar-refractivity contribution in [2.75, 3.05) is 18.6 Å². The number of halogens is 2. The van der Waals surface area contributed by atoms with E-state index in [1.165, 1.54) is 17.6 Å². The van der Waals surface area contributed by atoms with Gasteiger partial charge in [0.15, 0.2) is 11.6 Å². The van der Waals surface area contributed by atoms with Crippen molar-refractivity contribution in [1.29, 1.82) is 0 Å². The van der Waals surface area contributed by atoms with Crippen molar-refractivity contribution in [1.82, 2.24) is 4.98 Å². The number of hydrogen-bond acceptors (Lipinski definition) is 7. The molecule has 0 amide bonds. The van der Waals surface area contributed by atoms with Gasteiger partial charge in [0, 0.05) is 17.0 Å². The lowest BCUT2D eigenvalue weighted by molar-refractivity contribution is -0.142. The van der Waals surface area contributed by atoms with Crippen LogP contribution in [0.4, 0.5) is 13.9 Å². The summed E-state index contributed by atoms with van der Waals surface area (Å²) in [6.07, 6.45) is 2.08. The lowest BCUT2D eigenvalue weighted by Gasteiger charge is -2.11. The quantitative estimate of drug-likeness (QED) is 0.356. The molecule has 0 radical (unpaired) electrons. The molecule has 9 heteroatoms. The fourth-order valence-electron chi connectivity index (χ4n) is 2.18. The topological polar surface area (TPSA) is 72.8 Å². The van der Waals surface area contributed by atoms with Crippen molar-refractivity contribution in [3.05, 3.63) is 40.4 Å². The van der Waals surface area contributed by atoms with Crippen molar-refractivity contribution < 1.29 is 23.0 Å². The molecule has 2 rings (SSSR count). The lowest BCUT2D eigenvalue weighted by Crippen LogP contribution is -2.07. The molecular formula is C19H23F2N3O3S. The first-order valence-corrected chi connectivity index (χ1v) is 9.78. The minimum atomic E-state index is -0.781. The number of rotatable bonds is 10. The normalized spacial score (nSPS) is 11.2. The maximum Gasteiger partial charge on any atom is 0.311 e. The van der Waals surface area contributed by atoms with Crippen LogP contribution in [-0.2, 0) is 16.0 Å². The Morgan fingerprint density at radius 3 is 2.89 bits per heavy atom. The fourth-order valence-corrected chi connectivity index (χ4v) is 2.84. The van der Waals surface area contributed by atoms with Crippen molar-refractivity contribution in [3.63, 3.8) is 0 Å². The Kier molecular flexibility index (Phi) is 8.31. The van der Waals surface area contributed by atoms with Gasteiger partial charge in [-0.2, -0.15) is 5.10 Å². The standard InChI is InChI=1S/C19H23F2N3O3S/c1-4-26-17(25)9-15-11-28-19(23-15)24-22-10-13-7-14(20)8-16(21)18(13)27-6-5-12(2)3/h7-8,10-12H,4-6,9H2,1-3H3,(H,23,24). The zero-order valence-electron chi connectivity index (χ0n) is 16.0. The summed E-state index contributed by atoms with van der Waals surface area (Å²) in [6, 6.07) is 1.92. The molecule has 0 atom stereocenters. The molecule has 2 aromatic rings. The zero-order chi connectivity index (χ0) is 20.5. The number of thiazole rings is 1. The van der Waals surface area contributed by atoms with Crippen molar-refractivity contribution in [2.45, 2.75) is 33.6 Å². The highest BCUT2D eigenvalue weighted by Crippen LogP contribution is 2.24. The highest BCUT2D eigenvalue weighted by Gasteiger charge is 2.12. The number of aromatic nitrogens is 1. The van der Waals surface area contributed by atoms with E-state index >= 15 is 0 Å². The van der Waals surface area contributed by atoms with Gasteiger partial charge in [-0.1, -0.05) is 13.8 Å². The maximum atomic E-state index is 14.1. The van der Waals surface area contributed by atoms with E-state index in [0.717, 1.165) is 18.6 Å². The predicted octanol–water partition coefficient (Wildman–Crippen LogP) is 4.40. The Morgan fingerprint density at radius 1 is 1.39 bits per heavy atom. The first kappa shape index (κ1) is 21.7. The number of hydrazone groups is 1. The molecule has 6 nitrogen and oxygen atoms in total. The predicted molar refractivity (Wildman–Crippen MR) is 105 cm³/mol. The van der Waals surface area contributed by atoms with Crippen LogP contribution in [0.15, 0.2) is 22.6 Å². The molecule has 1 aromatic carbocycles. The van der Waals surface area contributed by atoms with Gasteiger partial charge in [-0.3, -0.25) is 10.2 Å². The summed E-state index contributed by atoms with van der Waals surface area (Å²) in [4.78, 5) is 15.7. The summed E-state index contributed by atoms with van der Waals surface area (Å²) in [6.45, 7) is 6.42. The van der Waals surface area contributed by atoms with Crippen molar-refractivity contribution in [2.24, 2.45) is 11.0 Å². The number of nitrogens with zero attached hydrogens (tertiary/aromatic N) is 2. The molecule has 1 N–H and O–H groups in total. The first-order valence-electron chi connectivity index (χ1n) is 8.90. The third-order valence-electron chi connectivity index (χ3n) is 3.53. The Balaban J connectivity index is 2.03. The Morgan fingerprint density at radius 2 is 2.18 bits per heavy atom. The molecule has 0 unspecified atom stereocenters. The Hall–Kier alpha value is -2.55. The minimum absolute atomic E-state index is 0.0465. The third-order valence-corrected chi connectivity index (χ3v) is 4.32. The van der Waals surface area contributed by atoms with Crippen LogP contribution in [0, 0.1) is 17.6 Å². The molecule has 0 aliphatic heterocycles. The molecular weight excluding hydrogens is 388 g/mol. The second-order valence-electron chi connectivity index (χ2n) is 6.33. The molecule has 0 aliphatic rings. The summed E-state index contributed by atoms with van der Waals surface area (Å²) >= 11 is 1.25. The fraction of sp³-hybridized carbons (Fsp3) is 0.421. The van der Waals surface area contributed by atoms with Gasteiger partial charge in [0.05, 0.1) is 31.5 Å². The van der Waals surface area contributed by atoms with Crippen LogP contribution in [-0.4, -0.2) is 30.4 Å². The van der Waals surface area contributed by atoms with E-state index in [1.54, 1.807) is 12.3 Å². The number of ether oxygens (including phenoxy) is 2. The minimum Gasteiger partial charge on any atom is -0.490 e. The number of carbonyl (C=O) groups is 1. The van der Waals surface area contributed by atoms with E-state index in [2.05, 4.69) is 15.5 Å².